The number of methoxy groups -OCH3 is 1. The van der Waals surface area contributed by atoms with Crippen molar-refractivity contribution in [3.8, 4) is 11.3 Å². The minimum Gasteiger partial charge on any atom is -0.465 e. The number of nitrogens with one attached hydrogen (secondary N) is 1. The van der Waals surface area contributed by atoms with Crippen LogP contribution in [-0.4, -0.2) is 60.2 Å². The SMILES string of the molecule is COC(=O)c1ccccc1-c1ccc([C@H]2[C@H](c3ccccn3)NC(=S)N2CCN(C)C)o1. The van der Waals surface area contributed by atoms with Gasteiger partial charge < -0.3 is 24.3 Å². The van der Waals surface area contributed by atoms with Crippen LogP contribution >= 0.6 is 12.2 Å². The predicted octanol–water partition coefficient (Wildman–Crippen LogP) is 3.66. The van der Waals surface area contributed by atoms with Gasteiger partial charge in [-0.1, -0.05) is 24.3 Å². The molecular weight excluding hydrogens is 424 g/mol. The van der Waals surface area contributed by atoms with Crippen molar-refractivity contribution in [2.45, 2.75) is 12.1 Å². The molecule has 1 aromatic carbocycles. The van der Waals surface area contributed by atoms with E-state index in [1.165, 1.54) is 7.11 Å². The largest absolute Gasteiger partial charge is 0.465 e. The Kier molecular flexibility index (Phi) is 6.53. The Balaban J connectivity index is 1.73. The molecule has 166 valence electrons. The van der Waals surface area contributed by atoms with Crippen LogP contribution in [0.5, 0.6) is 0 Å². The minimum atomic E-state index is -0.402. The number of likely N-dealkylation sites (N-methyl/N-ethyl adjacent to an activating group) is 1. The van der Waals surface area contributed by atoms with Gasteiger partial charge in [-0.05, 0) is 56.6 Å². The van der Waals surface area contributed by atoms with E-state index in [-0.39, 0.29) is 12.1 Å². The molecule has 3 aromatic rings. The molecule has 7 nitrogen and oxygen atoms in total. The minimum absolute atomic E-state index is 0.152. The summed E-state index contributed by atoms with van der Waals surface area (Å²) in [6, 6.07) is 16.6. The first-order valence-corrected chi connectivity index (χ1v) is 10.8. The third-order valence-corrected chi connectivity index (χ3v) is 5.85. The summed E-state index contributed by atoms with van der Waals surface area (Å²) < 4.78 is 11.3. The monoisotopic (exact) mass is 450 g/mol. The van der Waals surface area contributed by atoms with Crippen molar-refractivity contribution >= 4 is 23.3 Å². The molecule has 0 aliphatic carbocycles. The van der Waals surface area contributed by atoms with E-state index in [0.29, 0.717) is 22.0 Å². The Hall–Kier alpha value is -3.23. The van der Waals surface area contributed by atoms with E-state index in [1.807, 2.05) is 56.6 Å². The smallest absolute Gasteiger partial charge is 0.338 e. The number of carbonyl (C=O) groups is 1. The molecular formula is C24H26N4O3S. The van der Waals surface area contributed by atoms with Crippen molar-refractivity contribution in [1.29, 1.82) is 0 Å². The lowest BCUT2D eigenvalue weighted by Gasteiger charge is -2.27. The fourth-order valence-electron chi connectivity index (χ4n) is 3.91. The van der Waals surface area contributed by atoms with Crippen LogP contribution < -0.4 is 5.32 Å². The van der Waals surface area contributed by atoms with E-state index in [2.05, 4.69) is 20.1 Å². The van der Waals surface area contributed by atoms with Crippen LogP contribution in [0.25, 0.3) is 11.3 Å². The van der Waals surface area contributed by atoms with E-state index in [9.17, 15) is 4.79 Å². The van der Waals surface area contributed by atoms with Crippen LogP contribution in [0.1, 0.15) is 33.9 Å². The molecule has 1 N–H and O–H groups in total. The fourth-order valence-corrected chi connectivity index (χ4v) is 4.24. The van der Waals surface area contributed by atoms with Gasteiger partial charge in [-0.25, -0.2) is 4.79 Å². The van der Waals surface area contributed by atoms with Crippen LogP contribution in [0, 0.1) is 0 Å². The quantitative estimate of drug-likeness (QED) is 0.432. The van der Waals surface area contributed by atoms with E-state index >= 15 is 0 Å². The van der Waals surface area contributed by atoms with Gasteiger partial charge in [0.2, 0.25) is 0 Å². The molecule has 0 bridgehead atoms. The van der Waals surface area contributed by atoms with Gasteiger partial charge in [0.05, 0.1) is 24.4 Å². The average molecular weight is 451 g/mol. The van der Waals surface area contributed by atoms with Crippen LogP contribution in [0.3, 0.4) is 0 Å². The Bertz CT molecular complexity index is 1100. The fraction of sp³-hybridized carbons (Fsp3) is 0.292. The Morgan fingerprint density at radius 1 is 1.19 bits per heavy atom. The Morgan fingerprint density at radius 3 is 2.69 bits per heavy atom. The molecule has 2 aromatic heterocycles. The zero-order valence-corrected chi connectivity index (χ0v) is 19.1. The number of esters is 1. The van der Waals surface area contributed by atoms with Crippen molar-refractivity contribution in [2.75, 3.05) is 34.3 Å². The van der Waals surface area contributed by atoms with Crippen LogP contribution in [0.15, 0.2) is 65.2 Å². The van der Waals surface area contributed by atoms with Gasteiger partial charge >= 0.3 is 5.97 Å². The molecule has 0 amide bonds. The lowest BCUT2D eigenvalue weighted by Crippen LogP contribution is -2.35. The molecule has 3 heterocycles. The highest BCUT2D eigenvalue weighted by molar-refractivity contribution is 7.80. The van der Waals surface area contributed by atoms with E-state index in [1.54, 1.807) is 18.3 Å². The van der Waals surface area contributed by atoms with E-state index < -0.39 is 5.97 Å². The Morgan fingerprint density at radius 2 is 1.97 bits per heavy atom. The first-order chi connectivity index (χ1) is 15.5. The van der Waals surface area contributed by atoms with Crippen molar-refractivity contribution in [3.63, 3.8) is 0 Å². The van der Waals surface area contributed by atoms with Gasteiger partial charge in [0.1, 0.15) is 17.6 Å². The highest BCUT2D eigenvalue weighted by Crippen LogP contribution is 2.40. The number of carbonyl (C=O) groups excluding carboxylic acids is 1. The average Bonchev–Trinajstić information content (AvgIpc) is 3.42. The second-order valence-electron chi connectivity index (χ2n) is 7.86. The summed E-state index contributed by atoms with van der Waals surface area (Å²) in [5, 5.41) is 4.09. The van der Waals surface area contributed by atoms with Crippen LogP contribution in [0.2, 0.25) is 0 Å². The van der Waals surface area contributed by atoms with Gasteiger partial charge in [0.25, 0.3) is 0 Å². The molecule has 0 spiro atoms. The lowest BCUT2D eigenvalue weighted by atomic mass is 10.0. The van der Waals surface area contributed by atoms with Gasteiger partial charge in [0, 0.05) is 24.8 Å². The number of aromatic nitrogens is 1. The molecule has 1 aliphatic rings. The van der Waals surface area contributed by atoms with Crippen LogP contribution in [-0.2, 0) is 4.74 Å². The molecule has 4 rings (SSSR count). The third-order valence-electron chi connectivity index (χ3n) is 5.50. The number of nitrogens with zero attached hydrogens (tertiary/aromatic N) is 3. The summed E-state index contributed by atoms with van der Waals surface area (Å²) in [6.45, 7) is 1.58. The van der Waals surface area contributed by atoms with E-state index in [0.717, 1.165) is 24.5 Å². The summed E-state index contributed by atoms with van der Waals surface area (Å²) in [7, 11) is 5.44. The van der Waals surface area contributed by atoms with Gasteiger partial charge in [-0.2, -0.15) is 0 Å². The number of hydrogen-bond acceptors (Lipinski definition) is 6. The number of hydrogen-bond donors (Lipinski definition) is 1. The highest BCUT2D eigenvalue weighted by Gasteiger charge is 2.41. The zero-order valence-electron chi connectivity index (χ0n) is 18.3. The molecule has 0 radical (unpaired) electrons. The molecule has 32 heavy (non-hydrogen) atoms. The maximum absolute atomic E-state index is 12.2. The zero-order chi connectivity index (χ0) is 22.7. The van der Waals surface area contributed by atoms with Crippen molar-refractivity contribution in [2.24, 2.45) is 0 Å². The molecule has 1 saturated heterocycles. The lowest BCUT2D eigenvalue weighted by molar-refractivity contribution is 0.0601. The molecule has 1 aliphatic heterocycles. The van der Waals surface area contributed by atoms with Gasteiger partial charge in [-0.15, -0.1) is 0 Å². The number of rotatable bonds is 7. The highest BCUT2D eigenvalue weighted by atomic mass is 32.1. The van der Waals surface area contributed by atoms with Crippen molar-refractivity contribution in [1.82, 2.24) is 20.1 Å². The number of pyridine rings is 1. The number of thiocarbonyl (C=S) groups is 1. The molecule has 1 fully saturated rings. The summed E-state index contributed by atoms with van der Waals surface area (Å²) >= 11 is 5.68. The number of benzene rings is 1. The van der Waals surface area contributed by atoms with Gasteiger partial charge in [0.15, 0.2) is 5.11 Å². The third kappa shape index (κ3) is 4.37. The van der Waals surface area contributed by atoms with Crippen LogP contribution in [0.4, 0.5) is 0 Å². The first kappa shape index (κ1) is 22.0. The molecule has 0 saturated carbocycles. The maximum atomic E-state index is 12.2. The molecule has 0 unspecified atom stereocenters. The van der Waals surface area contributed by atoms with Gasteiger partial charge in [-0.3, -0.25) is 4.98 Å². The van der Waals surface area contributed by atoms with Crippen molar-refractivity contribution in [3.05, 3.63) is 77.8 Å². The predicted molar refractivity (Wildman–Crippen MR) is 126 cm³/mol. The molecule has 8 heteroatoms. The Labute approximate surface area is 193 Å². The topological polar surface area (TPSA) is 70.8 Å². The summed E-state index contributed by atoms with van der Waals surface area (Å²) in [5.74, 6) is 0.953. The number of furan rings is 1. The van der Waals surface area contributed by atoms with Crippen molar-refractivity contribution < 1.29 is 13.9 Å². The summed E-state index contributed by atoms with van der Waals surface area (Å²) in [4.78, 5) is 21.1. The normalized spacial score (nSPS) is 18.1. The second kappa shape index (κ2) is 9.50. The second-order valence-corrected chi connectivity index (χ2v) is 8.25. The number of ether oxygens (including phenoxy) is 1. The summed E-state index contributed by atoms with van der Waals surface area (Å²) in [5.41, 5.74) is 2.04. The maximum Gasteiger partial charge on any atom is 0.338 e. The van der Waals surface area contributed by atoms with E-state index in [4.69, 9.17) is 21.4 Å². The first-order valence-electron chi connectivity index (χ1n) is 10.4. The summed E-state index contributed by atoms with van der Waals surface area (Å²) in [6.07, 6.45) is 1.78. The standard InChI is InChI=1S/C24H26N4O3S/c1-27(2)14-15-28-22(21(26-24(28)32)18-10-6-7-13-25-18)20-12-11-19(31-20)16-8-4-5-9-17(16)23(29)30-3/h4-13,21-22H,14-15H2,1-3H3,(H,26,32)/t21-,22-/m0/s1. The molecule has 2 atom stereocenters.